The lowest BCUT2D eigenvalue weighted by molar-refractivity contribution is 0.638. The Morgan fingerprint density at radius 2 is 1.50 bits per heavy atom. The summed E-state index contributed by atoms with van der Waals surface area (Å²) in [6.07, 6.45) is 7.12. The van der Waals surface area contributed by atoms with Crippen molar-refractivity contribution in [1.82, 2.24) is 0 Å². The van der Waals surface area contributed by atoms with Gasteiger partial charge in [0.2, 0.25) is 0 Å². The minimum Gasteiger partial charge on any atom is -0.0883 e. The minimum absolute atomic E-state index is 0.935. The molecule has 0 fully saturated rings. The summed E-state index contributed by atoms with van der Waals surface area (Å²) in [7, 11) is 0. The highest BCUT2D eigenvalue weighted by Gasteiger charge is 1.99. The molecule has 0 nitrogen and oxygen atoms in total. The molecular weight excluding hydrogens is 96.1 g/mol. The molecule has 1 aliphatic carbocycles. The summed E-state index contributed by atoms with van der Waals surface area (Å²) in [6, 6.07) is 0. The zero-order valence-electron chi connectivity index (χ0n) is 6.15. The van der Waals surface area contributed by atoms with E-state index in [2.05, 4.69) is 19.1 Å². The molecule has 0 aromatic carbocycles. The van der Waals surface area contributed by atoms with Gasteiger partial charge in [0.05, 0.1) is 0 Å². The van der Waals surface area contributed by atoms with E-state index in [1.165, 1.54) is 12.8 Å². The van der Waals surface area contributed by atoms with Crippen molar-refractivity contribution in [2.75, 3.05) is 0 Å². The third kappa shape index (κ3) is 2.84. The monoisotopic (exact) mass is 112 g/mol. The Kier molecular flexibility index (Phi) is 4.73. The van der Waals surface area contributed by atoms with Gasteiger partial charge in [-0.3, -0.25) is 0 Å². The topological polar surface area (TPSA) is 0 Å². The van der Waals surface area contributed by atoms with Crippen molar-refractivity contribution in [3.05, 3.63) is 12.2 Å². The van der Waals surface area contributed by atoms with Gasteiger partial charge in [0.15, 0.2) is 0 Å². The van der Waals surface area contributed by atoms with Crippen molar-refractivity contribution in [1.29, 1.82) is 0 Å². The van der Waals surface area contributed by atoms with E-state index in [4.69, 9.17) is 0 Å². The minimum atomic E-state index is 0.935. The molecule has 0 heteroatoms. The third-order valence-electron chi connectivity index (χ3n) is 1.24. The fraction of sp³-hybridized carbons (Fsp3) is 0.750. The molecule has 0 aromatic heterocycles. The molecule has 0 saturated heterocycles. The summed E-state index contributed by atoms with van der Waals surface area (Å²) in [6.45, 7) is 6.28. The SMILES string of the molecule is CC.CC1CC=CC1. The van der Waals surface area contributed by atoms with Crippen LogP contribution in [0.4, 0.5) is 0 Å². The first kappa shape index (κ1) is 7.74. The summed E-state index contributed by atoms with van der Waals surface area (Å²) in [4.78, 5) is 0. The second-order valence-electron chi connectivity index (χ2n) is 2.05. The van der Waals surface area contributed by atoms with E-state index in [1.54, 1.807) is 0 Å². The van der Waals surface area contributed by atoms with E-state index in [9.17, 15) is 0 Å². The molecule has 8 heavy (non-hydrogen) atoms. The van der Waals surface area contributed by atoms with Crippen molar-refractivity contribution in [3.63, 3.8) is 0 Å². The maximum absolute atomic E-state index is 2.28. The Hall–Kier alpha value is -0.260. The second-order valence-corrected chi connectivity index (χ2v) is 2.05. The average molecular weight is 112 g/mol. The van der Waals surface area contributed by atoms with Gasteiger partial charge < -0.3 is 0 Å². The Morgan fingerprint density at radius 3 is 1.62 bits per heavy atom. The van der Waals surface area contributed by atoms with Gasteiger partial charge in [-0.25, -0.2) is 0 Å². The molecular formula is C8H16. The normalized spacial score (nSPS) is 17.9. The van der Waals surface area contributed by atoms with Crippen molar-refractivity contribution in [3.8, 4) is 0 Å². The van der Waals surface area contributed by atoms with E-state index in [0.29, 0.717) is 0 Å². The molecule has 0 saturated carbocycles. The highest BCUT2D eigenvalue weighted by molar-refractivity contribution is 4.92. The van der Waals surface area contributed by atoms with Crippen molar-refractivity contribution >= 4 is 0 Å². The smallest absolute Gasteiger partial charge is 0.0322 e. The van der Waals surface area contributed by atoms with Crippen LogP contribution in [-0.4, -0.2) is 0 Å². The number of hydrogen-bond donors (Lipinski definition) is 0. The first-order valence-corrected chi connectivity index (χ1v) is 3.54. The lowest BCUT2D eigenvalue weighted by Gasteiger charge is -1.92. The predicted molar refractivity (Wildman–Crippen MR) is 38.9 cm³/mol. The van der Waals surface area contributed by atoms with Gasteiger partial charge in [-0.1, -0.05) is 32.9 Å². The molecule has 1 rings (SSSR count). The Labute approximate surface area is 52.6 Å². The molecule has 0 N–H and O–H groups in total. The van der Waals surface area contributed by atoms with Crippen molar-refractivity contribution in [2.24, 2.45) is 5.92 Å². The molecule has 0 atom stereocenters. The third-order valence-corrected chi connectivity index (χ3v) is 1.24. The largest absolute Gasteiger partial charge is 0.0883 e. The molecule has 0 heterocycles. The first-order valence-electron chi connectivity index (χ1n) is 3.54. The lowest BCUT2D eigenvalue weighted by atomic mass is 10.1. The van der Waals surface area contributed by atoms with Gasteiger partial charge in [-0.2, -0.15) is 0 Å². The fourth-order valence-electron chi connectivity index (χ4n) is 0.753. The van der Waals surface area contributed by atoms with Crippen LogP contribution < -0.4 is 0 Å². The Morgan fingerprint density at radius 1 is 1.12 bits per heavy atom. The molecule has 0 aliphatic heterocycles. The van der Waals surface area contributed by atoms with Gasteiger partial charge in [-0.15, -0.1) is 0 Å². The van der Waals surface area contributed by atoms with Gasteiger partial charge in [0.25, 0.3) is 0 Å². The molecule has 0 radical (unpaired) electrons. The maximum Gasteiger partial charge on any atom is -0.0322 e. The van der Waals surface area contributed by atoms with E-state index < -0.39 is 0 Å². The van der Waals surface area contributed by atoms with Crippen LogP contribution in [0.15, 0.2) is 12.2 Å². The zero-order chi connectivity index (χ0) is 6.41. The molecule has 0 unspecified atom stereocenters. The van der Waals surface area contributed by atoms with Gasteiger partial charge >= 0.3 is 0 Å². The summed E-state index contributed by atoms with van der Waals surface area (Å²) in [5, 5.41) is 0. The van der Waals surface area contributed by atoms with E-state index in [0.717, 1.165) is 5.92 Å². The number of hydrogen-bond acceptors (Lipinski definition) is 0. The molecule has 0 amide bonds. The first-order chi connectivity index (χ1) is 3.89. The summed E-state index contributed by atoms with van der Waals surface area (Å²) in [5.74, 6) is 0.935. The highest BCUT2D eigenvalue weighted by Crippen LogP contribution is 2.15. The second kappa shape index (κ2) is 4.89. The standard InChI is InChI=1S/C6H10.C2H6/c1-6-4-2-3-5-6;1-2/h2-3,6H,4-5H2,1H3;1-2H3. The quantitative estimate of drug-likeness (QED) is 0.422. The van der Waals surface area contributed by atoms with Crippen molar-refractivity contribution in [2.45, 2.75) is 33.6 Å². The number of rotatable bonds is 0. The van der Waals surface area contributed by atoms with Crippen LogP contribution in [0.1, 0.15) is 33.6 Å². The van der Waals surface area contributed by atoms with Gasteiger partial charge in [0, 0.05) is 0 Å². The molecule has 0 spiro atoms. The molecule has 0 bridgehead atoms. The molecule has 0 aromatic rings. The summed E-state index contributed by atoms with van der Waals surface area (Å²) >= 11 is 0. The van der Waals surface area contributed by atoms with E-state index in [1.807, 2.05) is 13.8 Å². The molecule has 1 aliphatic rings. The van der Waals surface area contributed by atoms with Crippen LogP contribution in [0.5, 0.6) is 0 Å². The summed E-state index contributed by atoms with van der Waals surface area (Å²) in [5.41, 5.74) is 0. The maximum atomic E-state index is 2.28. The van der Waals surface area contributed by atoms with Crippen LogP contribution in [0.3, 0.4) is 0 Å². The van der Waals surface area contributed by atoms with E-state index >= 15 is 0 Å². The Balaban J connectivity index is 0.000000222. The van der Waals surface area contributed by atoms with Crippen molar-refractivity contribution < 1.29 is 0 Å². The average Bonchev–Trinajstić information content (AvgIpc) is 2.24. The van der Waals surface area contributed by atoms with Crippen LogP contribution in [0.25, 0.3) is 0 Å². The molecule has 48 valence electrons. The van der Waals surface area contributed by atoms with Crippen LogP contribution >= 0.6 is 0 Å². The van der Waals surface area contributed by atoms with Crippen LogP contribution in [0.2, 0.25) is 0 Å². The fourth-order valence-corrected chi connectivity index (χ4v) is 0.753. The predicted octanol–water partition coefficient (Wildman–Crippen LogP) is 3.00. The van der Waals surface area contributed by atoms with Crippen LogP contribution in [0, 0.1) is 5.92 Å². The number of allylic oxidation sites excluding steroid dienone is 2. The van der Waals surface area contributed by atoms with E-state index in [-0.39, 0.29) is 0 Å². The highest BCUT2D eigenvalue weighted by atomic mass is 14.1. The Bertz CT molecular complexity index is 54.4. The van der Waals surface area contributed by atoms with Crippen LogP contribution in [-0.2, 0) is 0 Å². The van der Waals surface area contributed by atoms with Gasteiger partial charge in [0.1, 0.15) is 0 Å². The lowest BCUT2D eigenvalue weighted by Crippen LogP contribution is -1.79. The summed E-state index contributed by atoms with van der Waals surface area (Å²) < 4.78 is 0. The zero-order valence-corrected chi connectivity index (χ0v) is 6.15. The van der Waals surface area contributed by atoms with Gasteiger partial charge in [-0.05, 0) is 18.8 Å².